The maximum absolute atomic E-state index is 11.8. The van der Waals surface area contributed by atoms with Crippen molar-refractivity contribution < 1.29 is 15.8 Å². The molecule has 0 aromatic heterocycles. The summed E-state index contributed by atoms with van der Waals surface area (Å²) in [6.07, 6.45) is 3.97. The Labute approximate surface area is 172 Å². The first-order chi connectivity index (χ1) is 13.5. The molecular weight excluding hydrogens is 370 g/mol. The lowest BCUT2D eigenvalue weighted by Gasteiger charge is -2.13. The number of Topliss-reactive ketones (excluding diaryl/α,β-unsaturated/α-hetero) is 1. The second-order valence-electron chi connectivity index (χ2n) is 6.69. The van der Waals surface area contributed by atoms with Crippen molar-refractivity contribution in [2.24, 2.45) is 0 Å². The van der Waals surface area contributed by atoms with E-state index in [1.165, 1.54) is 24.6 Å². The third-order valence-corrected chi connectivity index (χ3v) is 5.27. The smallest absolute Gasteiger partial charge is 0.211 e. The van der Waals surface area contributed by atoms with Crippen LogP contribution in [0.5, 0.6) is 0 Å². The molecule has 0 bridgehead atoms. The summed E-state index contributed by atoms with van der Waals surface area (Å²) in [7, 11) is 0. The van der Waals surface area contributed by atoms with E-state index in [1.807, 2.05) is 49.4 Å². The van der Waals surface area contributed by atoms with E-state index in [0.717, 1.165) is 46.2 Å². The molecule has 0 radical (unpaired) electrons. The molecule has 0 saturated carbocycles. The fraction of sp³-hybridized carbons (Fsp3) is 0.304. The lowest BCUT2D eigenvalue weighted by Crippen LogP contribution is -1.98. The maximum Gasteiger partial charge on any atom is 0.211 e. The van der Waals surface area contributed by atoms with E-state index in [0.29, 0.717) is 12.0 Å². The Morgan fingerprint density at radius 3 is 2.46 bits per heavy atom. The average molecular weight is 400 g/mol. The number of ketones is 1. The topological polar surface area (TPSA) is 55.4 Å². The third kappa shape index (κ3) is 6.98. The van der Waals surface area contributed by atoms with E-state index in [2.05, 4.69) is 11.9 Å². The zero-order chi connectivity index (χ0) is 20.4. The summed E-state index contributed by atoms with van der Waals surface area (Å²) < 4.78 is 4.94. The van der Waals surface area contributed by atoms with E-state index in [1.54, 1.807) is 6.92 Å². The van der Waals surface area contributed by atoms with Gasteiger partial charge in [0.2, 0.25) is 6.41 Å². The molecule has 28 heavy (non-hydrogen) atoms. The van der Waals surface area contributed by atoms with Crippen molar-refractivity contribution >= 4 is 29.6 Å². The van der Waals surface area contributed by atoms with Crippen LogP contribution in [0.25, 0.3) is 0 Å². The lowest BCUT2D eigenvalue weighted by molar-refractivity contribution is -0.105. The summed E-state index contributed by atoms with van der Waals surface area (Å²) in [6.45, 7) is 9.52. The number of carbonyl (C=O) groups excluding carboxylic acids is 2. The Hall–Kier alpha value is -2.37. The van der Waals surface area contributed by atoms with Crippen molar-refractivity contribution in [1.82, 2.24) is 0 Å². The summed E-state index contributed by atoms with van der Waals surface area (Å²) in [4.78, 5) is 24.4. The number of nitrogens with one attached hydrogen (secondary N) is 1. The Morgan fingerprint density at radius 2 is 1.89 bits per heavy atom. The molecule has 1 aliphatic heterocycles. The fourth-order valence-electron chi connectivity index (χ4n) is 2.75. The van der Waals surface area contributed by atoms with Crippen molar-refractivity contribution in [3.63, 3.8) is 0 Å². The molecule has 0 atom stereocenters. The van der Waals surface area contributed by atoms with Crippen molar-refractivity contribution in [2.75, 3.05) is 18.5 Å². The maximum atomic E-state index is 11.8. The van der Waals surface area contributed by atoms with Gasteiger partial charge in [-0.25, -0.2) is 0 Å². The summed E-state index contributed by atoms with van der Waals surface area (Å²) >= 11 is 1.53. The van der Waals surface area contributed by atoms with Crippen molar-refractivity contribution in [1.29, 1.82) is 0 Å². The lowest BCUT2D eigenvalue weighted by atomic mass is 10.1. The average Bonchev–Trinajstić information content (AvgIpc) is 3.24. The predicted octanol–water partition coefficient (Wildman–Crippen LogP) is 5.77. The normalized spacial score (nSPS) is 12.6. The monoisotopic (exact) mass is 399 g/mol. The number of anilines is 1. The van der Waals surface area contributed by atoms with E-state index in [-0.39, 0.29) is 7.21 Å². The van der Waals surface area contributed by atoms with Crippen LogP contribution in [0.3, 0.4) is 0 Å². The van der Waals surface area contributed by atoms with Crippen LogP contribution in [0.15, 0.2) is 64.4 Å². The molecule has 1 N–H and O–H groups in total. The standard InChI is InChI=1S/C19H19NO2S.C4H8O.H2/c1-13(2)10-15-8-9-16(20-12-21)11-19(15)23-18-7-5-4-6-17(18)14(3)22;1-2-4-5-3-1;/h4-9,11-12H,1,10H2,2-3H3,(H,20,21);1-4H2;1H. The molecule has 1 amide bonds. The molecule has 0 unspecified atom stereocenters. The number of amides is 1. The van der Waals surface area contributed by atoms with Gasteiger partial charge in [0.1, 0.15) is 0 Å². The van der Waals surface area contributed by atoms with Gasteiger partial charge in [0, 0.05) is 35.7 Å². The molecule has 1 saturated heterocycles. The minimum atomic E-state index is 0. The van der Waals surface area contributed by atoms with Gasteiger partial charge in [0.15, 0.2) is 5.78 Å². The van der Waals surface area contributed by atoms with Crippen LogP contribution in [-0.2, 0) is 16.0 Å². The van der Waals surface area contributed by atoms with Gasteiger partial charge in [-0.15, -0.1) is 0 Å². The predicted molar refractivity (Wildman–Crippen MR) is 117 cm³/mol. The van der Waals surface area contributed by atoms with E-state index < -0.39 is 0 Å². The zero-order valence-corrected chi connectivity index (χ0v) is 17.3. The zero-order valence-electron chi connectivity index (χ0n) is 16.5. The van der Waals surface area contributed by atoms with Crippen LogP contribution in [-0.4, -0.2) is 25.4 Å². The first-order valence-electron chi connectivity index (χ1n) is 9.34. The van der Waals surface area contributed by atoms with Crippen LogP contribution < -0.4 is 5.32 Å². The number of carbonyl (C=O) groups is 2. The minimum absolute atomic E-state index is 0. The van der Waals surface area contributed by atoms with Gasteiger partial charge in [-0.1, -0.05) is 48.2 Å². The molecule has 4 nitrogen and oxygen atoms in total. The first kappa shape index (κ1) is 21.9. The highest BCUT2D eigenvalue weighted by molar-refractivity contribution is 7.99. The summed E-state index contributed by atoms with van der Waals surface area (Å²) in [5, 5.41) is 2.67. The van der Waals surface area contributed by atoms with Crippen LogP contribution in [0, 0.1) is 0 Å². The molecule has 150 valence electrons. The highest BCUT2D eigenvalue weighted by atomic mass is 32.2. The van der Waals surface area contributed by atoms with Crippen LogP contribution in [0.1, 0.15) is 44.0 Å². The number of rotatable bonds is 7. The quantitative estimate of drug-likeness (QED) is 0.365. The minimum Gasteiger partial charge on any atom is -0.381 e. The van der Waals surface area contributed by atoms with Crippen LogP contribution >= 0.6 is 11.8 Å². The van der Waals surface area contributed by atoms with Gasteiger partial charge in [0.25, 0.3) is 0 Å². The van der Waals surface area contributed by atoms with Gasteiger partial charge >= 0.3 is 0 Å². The number of ether oxygens (including phenoxy) is 1. The highest BCUT2D eigenvalue weighted by Gasteiger charge is 2.11. The van der Waals surface area contributed by atoms with Gasteiger partial charge in [-0.3, -0.25) is 9.59 Å². The molecule has 0 spiro atoms. The number of hydrogen-bond acceptors (Lipinski definition) is 4. The van der Waals surface area contributed by atoms with Gasteiger partial charge in [-0.2, -0.15) is 0 Å². The largest absolute Gasteiger partial charge is 0.381 e. The Balaban J connectivity index is 0.000000610. The third-order valence-electron chi connectivity index (χ3n) is 4.10. The number of hydrogen-bond donors (Lipinski definition) is 1. The van der Waals surface area contributed by atoms with Gasteiger partial charge in [0.05, 0.1) is 0 Å². The second kappa shape index (κ2) is 11.5. The molecule has 2 aromatic rings. The van der Waals surface area contributed by atoms with Crippen molar-refractivity contribution in [2.45, 2.75) is 42.9 Å². The Bertz CT molecular complexity index is 827. The van der Waals surface area contributed by atoms with E-state index in [4.69, 9.17) is 4.74 Å². The molecule has 3 rings (SSSR count). The molecular formula is C23H29NO3S. The second-order valence-corrected chi connectivity index (χ2v) is 7.78. The molecule has 2 aromatic carbocycles. The SMILES string of the molecule is C1CCOC1.C=C(C)Cc1ccc(NC=O)cc1Sc1ccccc1C(C)=O.[HH]. The van der Waals surface area contributed by atoms with Crippen LogP contribution in [0.2, 0.25) is 0 Å². The number of allylic oxidation sites excluding steroid dienone is 1. The van der Waals surface area contributed by atoms with Crippen molar-refractivity contribution in [3.8, 4) is 0 Å². The Morgan fingerprint density at radius 1 is 1.18 bits per heavy atom. The molecule has 5 heteroatoms. The number of benzene rings is 2. The molecule has 1 aliphatic rings. The summed E-state index contributed by atoms with van der Waals surface area (Å²) in [5.41, 5.74) is 3.61. The van der Waals surface area contributed by atoms with Gasteiger partial charge < -0.3 is 10.1 Å². The van der Waals surface area contributed by atoms with Crippen LogP contribution in [0.4, 0.5) is 5.69 Å². The van der Waals surface area contributed by atoms with Gasteiger partial charge in [-0.05, 0) is 56.9 Å². The molecule has 1 fully saturated rings. The molecule has 0 aliphatic carbocycles. The summed E-state index contributed by atoms with van der Waals surface area (Å²) in [5.74, 6) is 0.0386. The van der Waals surface area contributed by atoms with E-state index in [9.17, 15) is 9.59 Å². The fourth-order valence-corrected chi connectivity index (χ4v) is 3.92. The highest BCUT2D eigenvalue weighted by Crippen LogP contribution is 2.35. The van der Waals surface area contributed by atoms with Crippen molar-refractivity contribution in [3.05, 3.63) is 65.7 Å². The first-order valence-corrected chi connectivity index (χ1v) is 10.2. The molecule has 1 heterocycles. The Kier molecular flexibility index (Phi) is 8.98. The summed E-state index contributed by atoms with van der Waals surface area (Å²) in [6, 6.07) is 13.3. The van der Waals surface area contributed by atoms with E-state index >= 15 is 0 Å².